The maximum Gasteiger partial charge on any atom is 0.329 e. The molecule has 1 N–H and O–H groups in total. The van der Waals surface area contributed by atoms with Crippen LogP contribution < -0.4 is 10.1 Å². The Kier molecular flexibility index (Phi) is 7.03. The molecule has 0 bridgehead atoms. The molecule has 1 aliphatic heterocycles. The Morgan fingerprint density at radius 1 is 0.974 bits per heavy atom. The number of hydrogen-bond acceptors (Lipinski definition) is 3. The number of carbonyl (C=O) groups is 2. The predicted octanol–water partition coefficient (Wildman–Crippen LogP) is 6.56. The van der Waals surface area contributed by atoms with Crippen molar-refractivity contribution in [3.05, 3.63) is 123 Å². The van der Waals surface area contributed by atoms with Crippen LogP contribution in [0.1, 0.15) is 28.1 Å². The lowest BCUT2D eigenvalue weighted by Gasteiger charge is -2.12. The van der Waals surface area contributed by atoms with Crippen molar-refractivity contribution in [2.45, 2.75) is 27.0 Å². The van der Waals surface area contributed by atoms with Crippen molar-refractivity contribution >= 4 is 29.6 Å². The first-order chi connectivity index (χ1) is 18.3. The van der Waals surface area contributed by atoms with Gasteiger partial charge in [0.05, 0.1) is 6.54 Å². The predicted molar refractivity (Wildman–Crippen MR) is 144 cm³/mol. The van der Waals surface area contributed by atoms with Gasteiger partial charge in [0.15, 0.2) is 0 Å². The molecular formula is C30H25ClFN3O3. The van der Waals surface area contributed by atoms with Crippen LogP contribution in [-0.4, -0.2) is 21.4 Å². The van der Waals surface area contributed by atoms with Gasteiger partial charge in [0.25, 0.3) is 5.91 Å². The number of aryl methyl sites for hydroxylation is 1. The zero-order valence-corrected chi connectivity index (χ0v) is 21.6. The first-order valence-electron chi connectivity index (χ1n) is 12.0. The molecule has 1 fully saturated rings. The third-order valence-corrected chi connectivity index (χ3v) is 6.80. The summed E-state index contributed by atoms with van der Waals surface area (Å²) < 4.78 is 21.2. The number of nitrogens with one attached hydrogen (secondary N) is 1. The fourth-order valence-electron chi connectivity index (χ4n) is 4.44. The van der Waals surface area contributed by atoms with E-state index in [9.17, 15) is 14.0 Å². The van der Waals surface area contributed by atoms with E-state index in [4.69, 9.17) is 16.3 Å². The zero-order chi connectivity index (χ0) is 26.8. The highest BCUT2D eigenvalue weighted by atomic mass is 35.5. The van der Waals surface area contributed by atoms with Crippen LogP contribution in [0.3, 0.4) is 0 Å². The minimum absolute atomic E-state index is 0.0617. The number of amides is 3. The van der Waals surface area contributed by atoms with Gasteiger partial charge >= 0.3 is 6.03 Å². The quantitative estimate of drug-likeness (QED) is 0.218. The summed E-state index contributed by atoms with van der Waals surface area (Å²) in [6.07, 6.45) is 1.69. The lowest BCUT2D eigenvalue weighted by molar-refractivity contribution is -0.123. The molecule has 1 aromatic heterocycles. The van der Waals surface area contributed by atoms with E-state index in [1.54, 1.807) is 18.2 Å². The van der Waals surface area contributed by atoms with Gasteiger partial charge in [-0.25, -0.2) is 9.18 Å². The minimum atomic E-state index is -0.508. The molecule has 0 unspecified atom stereocenters. The Morgan fingerprint density at radius 3 is 2.39 bits per heavy atom. The molecule has 0 radical (unpaired) electrons. The normalized spacial score (nSPS) is 14.3. The average molecular weight is 530 g/mol. The molecule has 2 heterocycles. The van der Waals surface area contributed by atoms with E-state index in [0.29, 0.717) is 17.2 Å². The summed E-state index contributed by atoms with van der Waals surface area (Å²) >= 11 is 6.21. The lowest BCUT2D eigenvalue weighted by atomic mass is 10.2. The summed E-state index contributed by atoms with van der Waals surface area (Å²) in [6, 6.07) is 22.5. The number of imide groups is 1. The molecule has 0 saturated carbocycles. The molecule has 192 valence electrons. The molecule has 38 heavy (non-hydrogen) atoms. The van der Waals surface area contributed by atoms with Crippen LogP contribution in [-0.2, 0) is 17.9 Å². The number of benzene rings is 3. The molecular weight excluding hydrogens is 505 g/mol. The molecule has 0 aliphatic carbocycles. The highest BCUT2D eigenvalue weighted by Crippen LogP contribution is 2.26. The monoisotopic (exact) mass is 529 g/mol. The Labute approximate surface area is 224 Å². The lowest BCUT2D eigenvalue weighted by Crippen LogP contribution is -2.30. The molecule has 6 nitrogen and oxygen atoms in total. The smallest absolute Gasteiger partial charge is 0.329 e. The fourth-order valence-corrected chi connectivity index (χ4v) is 4.63. The van der Waals surface area contributed by atoms with Gasteiger partial charge in [0.2, 0.25) is 0 Å². The molecule has 3 amide bonds. The summed E-state index contributed by atoms with van der Waals surface area (Å²) in [4.78, 5) is 26.6. The van der Waals surface area contributed by atoms with E-state index in [1.807, 2.05) is 68.4 Å². The summed E-state index contributed by atoms with van der Waals surface area (Å²) in [6.45, 7) is 4.37. The van der Waals surface area contributed by atoms with Gasteiger partial charge in [-0.15, -0.1) is 0 Å². The molecule has 8 heteroatoms. The zero-order valence-electron chi connectivity index (χ0n) is 20.9. The second-order valence-corrected chi connectivity index (χ2v) is 9.45. The van der Waals surface area contributed by atoms with Crippen LogP contribution in [0.2, 0.25) is 5.02 Å². The van der Waals surface area contributed by atoms with Crippen LogP contribution in [0.25, 0.3) is 11.8 Å². The number of hydrogen-bond donors (Lipinski definition) is 1. The molecule has 1 saturated heterocycles. The fraction of sp³-hybridized carbons (Fsp3) is 0.133. The van der Waals surface area contributed by atoms with Gasteiger partial charge in [-0.05, 0) is 79.6 Å². The van der Waals surface area contributed by atoms with Gasteiger partial charge < -0.3 is 14.6 Å². The molecule has 1 aliphatic rings. The standard InChI is InChI=1S/C30H25ClFN3O3/c1-19-15-23(16-28-29(36)34(30(37)33-28)17-21-7-9-24(32)10-8-21)20(2)35(19)25-11-13-26(14-12-25)38-18-22-5-3-4-6-27(22)31/h3-16H,17-18H2,1-2H3,(H,33,37)/b28-16+. The summed E-state index contributed by atoms with van der Waals surface area (Å²) in [5, 5.41) is 3.32. The number of urea groups is 1. The SMILES string of the molecule is Cc1cc(/C=C2/NC(=O)N(Cc3ccc(F)cc3)C2=O)c(C)n1-c1ccc(OCc2ccccc2Cl)cc1. The van der Waals surface area contributed by atoms with Crippen molar-refractivity contribution in [2.75, 3.05) is 0 Å². The van der Waals surface area contributed by atoms with E-state index in [2.05, 4.69) is 9.88 Å². The van der Waals surface area contributed by atoms with E-state index in [1.165, 1.54) is 12.1 Å². The summed E-state index contributed by atoms with van der Waals surface area (Å²) in [5.74, 6) is -0.0794. The Balaban J connectivity index is 1.32. The molecule has 3 aromatic carbocycles. The van der Waals surface area contributed by atoms with Gasteiger partial charge in [-0.2, -0.15) is 0 Å². The number of carbonyl (C=O) groups excluding carboxylic acids is 2. The average Bonchev–Trinajstić information content (AvgIpc) is 3.33. The Hall–Kier alpha value is -4.36. The van der Waals surface area contributed by atoms with Crippen LogP contribution in [0.4, 0.5) is 9.18 Å². The molecule has 0 spiro atoms. The molecule has 5 rings (SSSR count). The van der Waals surface area contributed by atoms with E-state index >= 15 is 0 Å². The number of nitrogens with zero attached hydrogens (tertiary/aromatic N) is 2. The third kappa shape index (κ3) is 5.19. The maximum absolute atomic E-state index is 13.2. The molecule has 4 aromatic rings. The largest absolute Gasteiger partial charge is 0.489 e. The highest BCUT2D eigenvalue weighted by Gasteiger charge is 2.33. The highest BCUT2D eigenvalue weighted by molar-refractivity contribution is 6.31. The van der Waals surface area contributed by atoms with Crippen molar-refractivity contribution in [1.82, 2.24) is 14.8 Å². The van der Waals surface area contributed by atoms with E-state index in [0.717, 1.165) is 38.9 Å². The van der Waals surface area contributed by atoms with Crippen LogP contribution in [0.15, 0.2) is 84.6 Å². The topological polar surface area (TPSA) is 63.6 Å². The van der Waals surface area contributed by atoms with Crippen molar-refractivity contribution in [1.29, 1.82) is 0 Å². The van der Waals surface area contributed by atoms with Gasteiger partial charge in [-0.1, -0.05) is 41.9 Å². The van der Waals surface area contributed by atoms with Crippen molar-refractivity contribution in [3.8, 4) is 11.4 Å². The van der Waals surface area contributed by atoms with Crippen molar-refractivity contribution < 1.29 is 18.7 Å². The van der Waals surface area contributed by atoms with E-state index in [-0.39, 0.29) is 18.1 Å². The molecule has 0 atom stereocenters. The van der Waals surface area contributed by atoms with E-state index < -0.39 is 11.9 Å². The van der Waals surface area contributed by atoms with Gasteiger partial charge in [0, 0.05) is 27.7 Å². The van der Waals surface area contributed by atoms with Crippen molar-refractivity contribution in [2.24, 2.45) is 0 Å². The third-order valence-electron chi connectivity index (χ3n) is 6.43. The summed E-state index contributed by atoms with van der Waals surface area (Å²) in [5.41, 5.74) is 5.41. The summed E-state index contributed by atoms with van der Waals surface area (Å²) in [7, 11) is 0. The van der Waals surface area contributed by atoms with Gasteiger partial charge in [-0.3, -0.25) is 9.69 Å². The van der Waals surface area contributed by atoms with Crippen LogP contribution in [0.5, 0.6) is 5.75 Å². The second-order valence-electron chi connectivity index (χ2n) is 9.04. The Morgan fingerprint density at radius 2 is 1.68 bits per heavy atom. The van der Waals surface area contributed by atoms with Gasteiger partial charge in [0.1, 0.15) is 23.9 Å². The Bertz CT molecular complexity index is 1540. The number of rotatable bonds is 7. The first kappa shape index (κ1) is 25.3. The van der Waals surface area contributed by atoms with Crippen molar-refractivity contribution in [3.63, 3.8) is 0 Å². The first-order valence-corrected chi connectivity index (χ1v) is 12.4. The second kappa shape index (κ2) is 10.6. The van der Waals surface area contributed by atoms with Crippen LogP contribution >= 0.6 is 11.6 Å². The van der Waals surface area contributed by atoms with Crippen LogP contribution in [0, 0.1) is 19.7 Å². The number of halogens is 2. The maximum atomic E-state index is 13.2. The number of aromatic nitrogens is 1. The number of ether oxygens (including phenoxy) is 1. The minimum Gasteiger partial charge on any atom is -0.489 e.